The summed E-state index contributed by atoms with van der Waals surface area (Å²) in [7, 11) is 0. The van der Waals surface area contributed by atoms with Gasteiger partial charge in [0.15, 0.2) is 0 Å². The summed E-state index contributed by atoms with van der Waals surface area (Å²) >= 11 is 15.5. The molecule has 0 amide bonds. The van der Waals surface area contributed by atoms with Crippen LogP contribution in [0.5, 0.6) is 0 Å². The number of fused-ring (bicyclic) bond motifs is 2. The summed E-state index contributed by atoms with van der Waals surface area (Å²) in [5, 5.41) is 12.2. The van der Waals surface area contributed by atoms with E-state index in [0.29, 0.717) is 25.4 Å². The number of benzene rings is 2. The van der Waals surface area contributed by atoms with Crippen LogP contribution < -0.4 is 0 Å². The standard InChI is InChI=1S/C20H16Cl2O2S2/c1-7-5-11(21)9(3)13-15(23)19(25-17(7)13)20-16(24)14-10(4)12(22)6-8(2)18(14)26-20/h5-6,15,23H,1-4H3/b20-19+. The van der Waals surface area contributed by atoms with Gasteiger partial charge < -0.3 is 5.11 Å². The topological polar surface area (TPSA) is 37.3 Å². The second kappa shape index (κ2) is 6.32. The average molecular weight is 423 g/mol. The Bertz CT molecular complexity index is 1040. The van der Waals surface area contributed by atoms with Crippen LogP contribution >= 0.6 is 46.7 Å². The van der Waals surface area contributed by atoms with Crippen LogP contribution in [0.25, 0.3) is 0 Å². The number of halogens is 2. The predicted molar refractivity (Wildman–Crippen MR) is 110 cm³/mol. The summed E-state index contributed by atoms with van der Waals surface area (Å²) in [6, 6.07) is 3.81. The summed E-state index contributed by atoms with van der Waals surface area (Å²) in [6.07, 6.45) is -0.829. The maximum atomic E-state index is 13.2. The highest BCUT2D eigenvalue weighted by atomic mass is 35.5. The first-order chi connectivity index (χ1) is 12.2. The molecule has 2 aromatic rings. The number of thioether (sulfide) groups is 2. The third-order valence-corrected chi connectivity index (χ3v) is 8.61. The van der Waals surface area contributed by atoms with Crippen LogP contribution in [0.2, 0.25) is 10.0 Å². The van der Waals surface area contributed by atoms with Gasteiger partial charge in [-0.05, 0) is 62.1 Å². The number of aliphatic hydroxyl groups excluding tert-OH is 1. The second-order valence-electron chi connectivity index (χ2n) is 6.68. The minimum Gasteiger partial charge on any atom is -0.383 e. The first-order valence-electron chi connectivity index (χ1n) is 8.14. The smallest absolute Gasteiger partial charge is 0.202 e. The zero-order valence-electron chi connectivity index (χ0n) is 14.7. The van der Waals surface area contributed by atoms with E-state index in [-0.39, 0.29) is 5.78 Å². The minimum atomic E-state index is -0.829. The van der Waals surface area contributed by atoms with Crippen LogP contribution in [-0.4, -0.2) is 10.9 Å². The van der Waals surface area contributed by atoms with Crippen molar-refractivity contribution in [1.82, 2.24) is 0 Å². The van der Waals surface area contributed by atoms with Crippen LogP contribution in [0, 0.1) is 27.7 Å². The summed E-state index contributed by atoms with van der Waals surface area (Å²) in [6.45, 7) is 7.71. The molecule has 2 heterocycles. The Morgan fingerprint density at radius 2 is 1.50 bits per heavy atom. The molecule has 0 spiro atoms. The first-order valence-corrected chi connectivity index (χ1v) is 10.5. The number of ketones is 1. The van der Waals surface area contributed by atoms with Gasteiger partial charge in [-0.25, -0.2) is 0 Å². The molecule has 1 N–H and O–H groups in total. The maximum Gasteiger partial charge on any atom is 0.202 e. The van der Waals surface area contributed by atoms with Gasteiger partial charge in [0.1, 0.15) is 6.10 Å². The molecule has 0 radical (unpaired) electrons. The SMILES string of the molecule is Cc1cc(Cl)c(C)c2c1S/C(=C1/Sc3c(C)cc(Cl)c(C)c3C1O)C2=O. The Kier molecular flexibility index (Phi) is 4.48. The molecule has 0 aliphatic carbocycles. The van der Waals surface area contributed by atoms with Crippen molar-refractivity contribution in [1.29, 1.82) is 0 Å². The molecule has 0 saturated heterocycles. The molecular formula is C20H16Cl2O2S2. The highest BCUT2D eigenvalue weighted by Crippen LogP contribution is 2.57. The largest absolute Gasteiger partial charge is 0.383 e. The zero-order valence-corrected chi connectivity index (χ0v) is 17.8. The lowest BCUT2D eigenvalue weighted by Gasteiger charge is -2.11. The van der Waals surface area contributed by atoms with Crippen molar-refractivity contribution in [3.05, 3.63) is 65.4 Å². The van der Waals surface area contributed by atoms with Crippen LogP contribution in [0.3, 0.4) is 0 Å². The molecule has 0 bridgehead atoms. The van der Waals surface area contributed by atoms with Gasteiger partial charge in [0.2, 0.25) is 5.78 Å². The Labute approximate surface area is 171 Å². The highest BCUT2D eigenvalue weighted by Gasteiger charge is 2.39. The summed E-state index contributed by atoms with van der Waals surface area (Å²) < 4.78 is 0. The third kappa shape index (κ3) is 2.50. The van der Waals surface area contributed by atoms with E-state index in [1.807, 2.05) is 39.8 Å². The fourth-order valence-corrected chi connectivity index (χ4v) is 6.67. The minimum absolute atomic E-state index is 0.0520. The van der Waals surface area contributed by atoms with Crippen LogP contribution in [0.4, 0.5) is 0 Å². The lowest BCUT2D eigenvalue weighted by Crippen LogP contribution is -2.04. The second-order valence-corrected chi connectivity index (χ2v) is 9.56. The monoisotopic (exact) mass is 422 g/mol. The molecule has 2 aliphatic heterocycles. The molecule has 0 fully saturated rings. The van der Waals surface area contributed by atoms with E-state index in [0.717, 1.165) is 37.6 Å². The number of hydrogen-bond donors (Lipinski definition) is 1. The number of carbonyl (C=O) groups excluding carboxylic acids is 1. The van der Waals surface area contributed by atoms with E-state index < -0.39 is 6.10 Å². The lowest BCUT2D eigenvalue weighted by atomic mass is 9.98. The van der Waals surface area contributed by atoms with E-state index in [1.165, 1.54) is 23.5 Å². The quantitative estimate of drug-likeness (QED) is 0.487. The predicted octanol–water partition coefficient (Wildman–Crippen LogP) is 6.57. The zero-order chi connectivity index (χ0) is 18.9. The van der Waals surface area contributed by atoms with Crippen LogP contribution in [0.1, 0.15) is 44.3 Å². The third-order valence-electron chi connectivity index (χ3n) is 4.96. The van der Waals surface area contributed by atoms with Gasteiger partial charge in [0, 0.05) is 35.9 Å². The van der Waals surface area contributed by atoms with Crippen molar-refractivity contribution in [2.75, 3.05) is 0 Å². The summed E-state index contributed by atoms with van der Waals surface area (Å²) in [5.74, 6) is -0.0520. The van der Waals surface area contributed by atoms with Crippen molar-refractivity contribution in [3.63, 3.8) is 0 Å². The molecule has 0 saturated carbocycles. The van der Waals surface area contributed by atoms with E-state index in [4.69, 9.17) is 23.2 Å². The summed E-state index contributed by atoms with van der Waals surface area (Å²) in [4.78, 5) is 16.4. The Morgan fingerprint density at radius 1 is 0.923 bits per heavy atom. The lowest BCUT2D eigenvalue weighted by molar-refractivity contribution is 0.104. The van der Waals surface area contributed by atoms with Crippen molar-refractivity contribution in [3.8, 4) is 0 Å². The molecule has 1 unspecified atom stereocenters. The maximum absolute atomic E-state index is 13.2. The fraction of sp³-hybridized carbons (Fsp3) is 0.250. The Morgan fingerprint density at radius 3 is 2.15 bits per heavy atom. The van der Waals surface area contributed by atoms with Gasteiger partial charge in [-0.1, -0.05) is 46.7 Å². The number of carbonyl (C=O) groups is 1. The number of rotatable bonds is 0. The van der Waals surface area contributed by atoms with Gasteiger partial charge in [-0.15, -0.1) is 0 Å². The molecule has 0 aromatic heterocycles. The first kappa shape index (κ1) is 18.5. The van der Waals surface area contributed by atoms with Crippen molar-refractivity contribution < 1.29 is 9.90 Å². The Hall–Kier alpha value is -0.910. The van der Waals surface area contributed by atoms with Crippen molar-refractivity contribution >= 4 is 52.5 Å². The van der Waals surface area contributed by atoms with Gasteiger partial charge in [-0.3, -0.25) is 4.79 Å². The van der Waals surface area contributed by atoms with Crippen LogP contribution in [-0.2, 0) is 0 Å². The van der Waals surface area contributed by atoms with Gasteiger partial charge in [0.25, 0.3) is 0 Å². The molecule has 26 heavy (non-hydrogen) atoms. The van der Waals surface area contributed by atoms with Crippen molar-refractivity contribution in [2.45, 2.75) is 43.6 Å². The molecule has 2 aliphatic rings. The molecule has 4 rings (SSSR count). The Balaban J connectivity index is 1.89. The van der Waals surface area contributed by atoms with Crippen molar-refractivity contribution in [2.24, 2.45) is 0 Å². The molecule has 2 aromatic carbocycles. The molecule has 1 atom stereocenters. The molecule has 6 heteroatoms. The highest BCUT2D eigenvalue weighted by molar-refractivity contribution is 8.08. The number of allylic oxidation sites excluding steroid dienone is 1. The van der Waals surface area contributed by atoms with E-state index >= 15 is 0 Å². The molecular weight excluding hydrogens is 407 g/mol. The van der Waals surface area contributed by atoms with Gasteiger partial charge in [0.05, 0.1) is 4.91 Å². The molecule has 2 nitrogen and oxygen atoms in total. The number of hydrogen-bond acceptors (Lipinski definition) is 4. The number of aryl methyl sites for hydroxylation is 2. The normalized spacial score (nSPS) is 21.3. The van der Waals surface area contributed by atoms with E-state index in [9.17, 15) is 9.90 Å². The number of aliphatic hydroxyl groups is 1. The van der Waals surface area contributed by atoms with Gasteiger partial charge >= 0.3 is 0 Å². The number of Topliss-reactive ketones (excluding diaryl/α,β-unsaturated/α-hetero) is 1. The van der Waals surface area contributed by atoms with E-state index in [2.05, 4.69) is 0 Å². The average Bonchev–Trinajstić information content (AvgIpc) is 3.09. The summed E-state index contributed by atoms with van der Waals surface area (Å²) in [5.41, 5.74) is 5.14. The van der Waals surface area contributed by atoms with E-state index in [1.54, 1.807) is 0 Å². The fourth-order valence-electron chi connectivity index (χ4n) is 3.49. The van der Waals surface area contributed by atoms with Gasteiger partial charge in [-0.2, -0.15) is 0 Å². The molecule has 134 valence electrons. The van der Waals surface area contributed by atoms with Crippen LogP contribution in [0.15, 0.2) is 31.7 Å².